The molecule has 0 bridgehead atoms. The lowest BCUT2D eigenvalue weighted by Crippen LogP contribution is -2.61. The van der Waals surface area contributed by atoms with Crippen molar-refractivity contribution in [3.05, 3.63) is 11.8 Å². The molecule has 0 aromatic carbocycles. The molecule has 3 fully saturated rings. The Morgan fingerprint density at radius 1 is 1.20 bits per heavy atom. The molecule has 0 aromatic heterocycles. The Kier molecular flexibility index (Phi) is 3.04. The monoisotopic (exact) mass is 280 g/mol. The molecule has 1 saturated heterocycles. The van der Waals surface area contributed by atoms with Crippen LogP contribution in [0.25, 0.3) is 0 Å². The van der Waals surface area contributed by atoms with Gasteiger partial charge in [0.05, 0.1) is 19.5 Å². The fraction of sp³-hybridized carbons (Fsp3) is 0.812. The van der Waals surface area contributed by atoms with Crippen molar-refractivity contribution in [2.75, 3.05) is 13.2 Å². The van der Waals surface area contributed by atoms with Gasteiger partial charge in [-0.25, -0.2) is 0 Å². The van der Waals surface area contributed by atoms with Crippen LogP contribution in [0.5, 0.6) is 0 Å². The molecule has 4 nitrogen and oxygen atoms in total. The molecule has 3 rings (SSSR count). The van der Waals surface area contributed by atoms with Crippen LogP contribution in [0.1, 0.15) is 46.5 Å². The van der Waals surface area contributed by atoms with Crippen molar-refractivity contribution in [2.45, 2.75) is 52.2 Å². The van der Waals surface area contributed by atoms with E-state index >= 15 is 0 Å². The number of ketones is 1. The van der Waals surface area contributed by atoms with Crippen molar-refractivity contribution in [3.8, 4) is 0 Å². The van der Waals surface area contributed by atoms with E-state index in [0.717, 1.165) is 25.5 Å². The van der Waals surface area contributed by atoms with Gasteiger partial charge in [-0.15, -0.1) is 0 Å². The molecule has 2 aliphatic carbocycles. The van der Waals surface area contributed by atoms with Crippen LogP contribution in [-0.2, 0) is 14.3 Å². The lowest BCUT2D eigenvalue weighted by molar-refractivity contribution is -0.281. The third-order valence-electron chi connectivity index (χ3n) is 6.02. The second kappa shape index (κ2) is 4.31. The maximum Gasteiger partial charge on any atom is 0.173 e. The number of allylic oxidation sites excluding steroid dienone is 1. The quantitative estimate of drug-likeness (QED) is 0.547. The van der Waals surface area contributed by atoms with Gasteiger partial charge in [0.1, 0.15) is 0 Å². The summed E-state index contributed by atoms with van der Waals surface area (Å²) in [5, 5.41) is 9.27. The van der Waals surface area contributed by atoms with Gasteiger partial charge in [0, 0.05) is 22.8 Å². The maximum atomic E-state index is 12.7. The number of aliphatic hydroxyl groups is 1. The summed E-state index contributed by atoms with van der Waals surface area (Å²) in [7, 11) is 0. The molecular weight excluding hydrogens is 256 g/mol. The van der Waals surface area contributed by atoms with E-state index in [-0.39, 0.29) is 17.1 Å². The van der Waals surface area contributed by atoms with Gasteiger partial charge in [-0.05, 0) is 25.2 Å². The zero-order valence-corrected chi connectivity index (χ0v) is 12.6. The molecule has 1 spiro atoms. The summed E-state index contributed by atoms with van der Waals surface area (Å²) in [5.74, 6) is -0.201. The Morgan fingerprint density at radius 2 is 1.85 bits per heavy atom. The number of hydrogen-bond acceptors (Lipinski definition) is 4. The number of rotatable bonds is 0. The number of fused-ring (bicyclic) bond motifs is 1. The lowest BCUT2D eigenvalue weighted by atomic mass is 9.48. The molecule has 0 amide bonds. The average Bonchev–Trinajstić information content (AvgIpc) is 2.88. The van der Waals surface area contributed by atoms with Crippen molar-refractivity contribution in [3.63, 3.8) is 0 Å². The van der Waals surface area contributed by atoms with Gasteiger partial charge in [0.2, 0.25) is 0 Å². The van der Waals surface area contributed by atoms with Gasteiger partial charge >= 0.3 is 0 Å². The first-order valence-electron chi connectivity index (χ1n) is 7.53. The van der Waals surface area contributed by atoms with E-state index in [4.69, 9.17) is 9.47 Å². The Morgan fingerprint density at radius 3 is 2.45 bits per heavy atom. The Balaban J connectivity index is 2.00. The third-order valence-corrected chi connectivity index (χ3v) is 6.02. The molecule has 3 aliphatic rings. The van der Waals surface area contributed by atoms with Crippen molar-refractivity contribution >= 4 is 5.78 Å². The Hall–Kier alpha value is -0.870. The largest absolute Gasteiger partial charge is 0.515 e. The number of aliphatic hydroxyl groups excluding tert-OH is 1. The van der Waals surface area contributed by atoms with E-state index in [9.17, 15) is 9.90 Å². The van der Waals surface area contributed by atoms with Crippen LogP contribution < -0.4 is 0 Å². The number of carbonyl (C=O) groups is 1. The van der Waals surface area contributed by atoms with Crippen LogP contribution in [0.2, 0.25) is 0 Å². The number of carbonyl (C=O) groups excluding carboxylic acids is 1. The van der Waals surface area contributed by atoms with Gasteiger partial charge in [-0.2, -0.15) is 0 Å². The van der Waals surface area contributed by atoms with Gasteiger partial charge in [-0.3, -0.25) is 4.79 Å². The summed E-state index contributed by atoms with van der Waals surface area (Å²) in [4.78, 5) is 12.7. The molecule has 1 N–H and O–H groups in total. The molecule has 2 saturated carbocycles. The van der Waals surface area contributed by atoms with Gasteiger partial charge in [-0.1, -0.05) is 20.8 Å². The van der Waals surface area contributed by atoms with Crippen LogP contribution in [0.15, 0.2) is 11.8 Å². The highest BCUT2D eigenvalue weighted by Crippen LogP contribution is 2.62. The van der Waals surface area contributed by atoms with E-state index < -0.39 is 11.2 Å². The smallest absolute Gasteiger partial charge is 0.173 e. The van der Waals surface area contributed by atoms with Crippen LogP contribution in [-0.4, -0.2) is 29.9 Å². The first-order valence-corrected chi connectivity index (χ1v) is 7.53. The predicted molar refractivity (Wildman–Crippen MR) is 74.2 cm³/mol. The summed E-state index contributed by atoms with van der Waals surface area (Å²) < 4.78 is 12.0. The zero-order chi connectivity index (χ0) is 14.6. The van der Waals surface area contributed by atoms with Gasteiger partial charge < -0.3 is 14.6 Å². The third kappa shape index (κ3) is 1.58. The number of ether oxygens (including phenoxy) is 2. The number of hydrogen-bond donors (Lipinski definition) is 1. The molecule has 1 aliphatic heterocycles. The molecule has 1 heterocycles. The SMILES string of the molecule is CC12CCC3(OCCO3)C(C)(C)C1CC/C(=C\O)C2=O. The normalized spacial score (nSPS) is 41.0. The number of Topliss-reactive ketones (excluding diaryl/α,β-unsaturated/α-hetero) is 1. The standard InChI is InChI=1S/C16H24O4/c1-14(2)12-5-4-11(10-17)13(18)15(12,3)6-7-16(14)19-8-9-20-16/h10,12,17H,4-9H2,1-3H3/b11-10+. The topological polar surface area (TPSA) is 55.8 Å². The highest BCUT2D eigenvalue weighted by atomic mass is 16.7. The van der Waals surface area contributed by atoms with Crippen molar-refractivity contribution in [2.24, 2.45) is 16.7 Å². The molecule has 0 radical (unpaired) electrons. The zero-order valence-electron chi connectivity index (χ0n) is 12.6. The van der Waals surface area contributed by atoms with Crippen molar-refractivity contribution < 1.29 is 19.4 Å². The minimum absolute atomic E-state index is 0.108. The van der Waals surface area contributed by atoms with Crippen molar-refractivity contribution in [1.82, 2.24) is 0 Å². The van der Waals surface area contributed by atoms with Gasteiger partial charge in [0.25, 0.3) is 0 Å². The summed E-state index contributed by atoms with van der Waals surface area (Å²) in [5.41, 5.74) is -0.0342. The summed E-state index contributed by atoms with van der Waals surface area (Å²) in [6.45, 7) is 7.67. The van der Waals surface area contributed by atoms with Crippen LogP contribution in [0, 0.1) is 16.7 Å². The first-order chi connectivity index (χ1) is 9.37. The second-order valence-electron chi connectivity index (χ2n) is 7.16. The van der Waals surface area contributed by atoms with E-state index in [1.54, 1.807) is 0 Å². The summed E-state index contributed by atoms with van der Waals surface area (Å²) in [6.07, 6.45) is 4.06. The predicted octanol–water partition coefficient (Wildman–Crippen LogP) is 2.98. The molecule has 2 unspecified atom stereocenters. The molecule has 112 valence electrons. The molecule has 2 atom stereocenters. The van der Waals surface area contributed by atoms with Crippen molar-refractivity contribution in [1.29, 1.82) is 0 Å². The second-order valence-corrected chi connectivity index (χ2v) is 7.16. The maximum absolute atomic E-state index is 12.7. The van der Waals surface area contributed by atoms with E-state index in [0.29, 0.717) is 25.2 Å². The molecule has 0 aromatic rings. The average molecular weight is 280 g/mol. The first kappa shape index (κ1) is 14.1. The van der Waals surface area contributed by atoms with Crippen LogP contribution in [0.4, 0.5) is 0 Å². The fourth-order valence-electron chi connectivity index (χ4n) is 4.81. The summed E-state index contributed by atoms with van der Waals surface area (Å²) in [6, 6.07) is 0. The minimum atomic E-state index is -0.530. The summed E-state index contributed by atoms with van der Waals surface area (Å²) >= 11 is 0. The van der Waals surface area contributed by atoms with Gasteiger partial charge in [0.15, 0.2) is 11.6 Å². The Bertz CT molecular complexity index is 459. The van der Waals surface area contributed by atoms with E-state index in [1.807, 2.05) is 6.92 Å². The molecular formula is C16H24O4. The highest BCUT2D eigenvalue weighted by molar-refractivity contribution is 6.00. The minimum Gasteiger partial charge on any atom is -0.515 e. The Labute approximate surface area is 120 Å². The highest BCUT2D eigenvalue weighted by Gasteiger charge is 2.64. The van der Waals surface area contributed by atoms with Crippen LogP contribution >= 0.6 is 0 Å². The van der Waals surface area contributed by atoms with E-state index in [2.05, 4.69) is 13.8 Å². The fourth-order valence-corrected chi connectivity index (χ4v) is 4.81. The van der Waals surface area contributed by atoms with Crippen LogP contribution in [0.3, 0.4) is 0 Å². The van der Waals surface area contributed by atoms with E-state index in [1.165, 1.54) is 0 Å². The lowest BCUT2D eigenvalue weighted by Gasteiger charge is -2.59. The molecule has 4 heteroatoms. The molecule has 20 heavy (non-hydrogen) atoms.